The van der Waals surface area contributed by atoms with Crippen molar-refractivity contribution in [2.24, 2.45) is 0 Å². The van der Waals surface area contributed by atoms with Crippen molar-refractivity contribution >= 4 is 54.7 Å². The molecule has 86 valence electrons. The Balaban J connectivity index is 4.12. The molecule has 0 saturated carbocycles. The van der Waals surface area contributed by atoms with Crippen LogP contribution in [0.2, 0.25) is 0 Å². The first kappa shape index (κ1) is 15.3. The van der Waals surface area contributed by atoms with Crippen LogP contribution in [0.3, 0.4) is 0 Å². The van der Waals surface area contributed by atoms with Crippen molar-refractivity contribution in [1.29, 1.82) is 0 Å². The Morgan fingerprint density at radius 2 is 1.36 bits per heavy atom. The lowest BCUT2D eigenvalue weighted by molar-refractivity contribution is 0.125. The molecule has 0 radical (unpaired) electrons. The first-order chi connectivity index (χ1) is 6.22. The van der Waals surface area contributed by atoms with E-state index in [1.807, 2.05) is 0 Å². The molecule has 0 aromatic heterocycles. The van der Waals surface area contributed by atoms with E-state index in [4.69, 9.17) is 55.5 Å². The molecule has 0 aliphatic carbocycles. The van der Waals surface area contributed by atoms with E-state index in [2.05, 4.69) is 0 Å². The predicted molar refractivity (Wildman–Crippen MR) is 61.1 cm³/mol. The molecule has 0 aliphatic rings. The number of halogens is 4. The summed E-state index contributed by atoms with van der Waals surface area (Å²) in [4.78, 5) is 0. The Hall–Kier alpha value is 1.31. The van der Waals surface area contributed by atoms with Gasteiger partial charge >= 0.3 is 8.25 Å². The third-order valence-electron chi connectivity index (χ3n) is 1.07. The fourth-order valence-electron chi connectivity index (χ4n) is 0.423. The van der Waals surface area contributed by atoms with Gasteiger partial charge in [-0.3, -0.25) is 13.6 Å². The van der Waals surface area contributed by atoms with Crippen LogP contribution in [-0.4, -0.2) is 21.9 Å². The molecule has 0 bridgehead atoms. The van der Waals surface area contributed by atoms with Crippen LogP contribution in [0.5, 0.6) is 0 Å². The molecule has 0 aromatic carbocycles. The molecular weight excluding hydrogens is 293 g/mol. The number of hydrogen-bond donors (Lipinski definition) is 0. The zero-order valence-electron chi connectivity index (χ0n) is 7.65. The summed E-state index contributed by atoms with van der Waals surface area (Å²) in [5.41, 5.74) is 0. The lowest BCUT2D eigenvalue weighted by atomic mass is 10.5. The van der Waals surface area contributed by atoms with Gasteiger partial charge in [-0.25, -0.2) is 0 Å². The number of rotatable bonds is 6. The van der Waals surface area contributed by atoms with Crippen LogP contribution >= 0.6 is 54.7 Å². The summed E-state index contributed by atoms with van der Waals surface area (Å²) in [5.74, 6) is -0.0393. The van der Waals surface area contributed by atoms with E-state index in [9.17, 15) is 4.57 Å². The highest BCUT2D eigenvalue weighted by atomic mass is 35.5. The standard InChI is InChI=1S/C6H11Cl4O3P/c1-5(9,3-7)12-14(11)13-6(2,10)4-8/h14H,3-4H2,1-2H3. The van der Waals surface area contributed by atoms with Crippen LogP contribution in [0.25, 0.3) is 0 Å². The van der Waals surface area contributed by atoms with E-state index >= 15 is 0 Å². The molecule has 2 atom stereocenters. The van der Waals surface area contributed by atoms with Crippen molar-refractivity contribution in [3.8, 4) is 0 Å². The van der Waals surface area contributed by atoms with E-state index in [1.54, 1.807) is 0 Å². The van der Waals surface area contributed by atoms with Gasteiger partial charge < -0.3 is 0 Å². The fourth-order valence-corrected chi connectivity index (χ4v) is 1.97. The molecule has 8 heteroatoms. The third-order valence-corrected chi connectivity index (χ3v) is 4.28. The summed E-state index contributed by atoms with van der Waals surface area (Å²) in [7, 11) is -2.81. The van der Waals surface area contributed by atoms with Crippen molar-refractivity contribution in [2.75, 3.05) is 11.8 Å². The monoisotopic (exact) mass is 302 g/mol. The minimum Gasteiger partial charge on any atom is -0.287 e. The summed E-state index contributed by atoms with van der Waals surface area (Å²) in [6.45, 7) is 2.94. The maximum Gasteiger partial charge on any atom is 0.322 e. The normalized spacial score (nSPS) is 22.4. The molecule has 0 spiro atoms. The third kappa shape index (κ3) is 6.73. The molecule has 14 heavy (non-hydrogen) atoms. The summed E-state index contributed by atoms with van der Waals surface area (Å²) >= 11 is 22.3. The fraction of sp³-hybridized carbons (Fsp3) is 1.00. The van der Waals surface area contributed by atoms with E-state index in [0.29, 0.717) is 0 Å². The second kappa shape index (κ2) is 6.15. The van der Waals surface area contributed by atoms with Gasteiger partial charge in [-0.05, 0) is 13.8 Å². The minimum absolute atomic E-state index is 0.0196. The first-order valence-corrected chi connectivity index (χ1v) is 6.69. The molecular formula is C6H11Cl4O3P. The van der Waals surface area contributed by atoms with Crippen molar-refractivity contribution in [3.63, 3.8) is 0 Å². The van der Waals surface area contributed by atoms with Gasteiger partial charge in [0.1, 0.15) is 0 Å². The van der Waals surface area contributed by atoms with Gasteiger partial charge in [-0.2, -0.15) is 0 Å². The van der Waals surface area contributed by atoms with Gasteiger partial charge in [0.05, 0.1) is 11.8 Å². The SMILES string of the molecule is CC(Cl)(CCl)O[PH](=O)OC(C)(Cl)CCl. The van der Waals surface area contributed by atoms with Gasteiger partial charge in [-0.1, -0.05) is 23.2 Å². The molecule has 2 unspecified atom stereocenters. The molecule has 0 amide bonds. The van der Waals surface area contributed by atoms with E-state index in [-0.39, 0.29) is 11.8 Å². The second-order valence-corrected chi connectivity index (χ2v) is 5.97. The molecule has 0 fully saturated rings. The van der Waals surface area contributed by atoms with Crippen LogP contribution in [0, 0.1) is 0 Å². The highest BCUT2D eigenvalue weighted by Crippen LogP contribution is 2.39. The molecule has 0 aliphatic heterocycles. The summed E-state index contributed by atoms with van der Waals surface area (Å²) in [6.07, 6.45) is 0. The average Bonchev–Trinajstić information content (AvgIpc) is 2.02. The van der Waals surface area contributed by atoms with E-state index in [0.717, 1.165) is 0 Å². The lowest BCUT2D eigenvalue weighted by Gasteiger charge is -2.23. The van der Waals surface area contributed by atoms with Gasteiger partial charge in [-0.15, -0.1) is 23.2 Å². The molecule has 0 N–H and O–H groups in total. The maximum absolute atomic E-state index is 11.2. The van der Waals surface area contributed by atoms with Crippen LogP contribution in [0.4, 0.5) is 0 Å². The van der Waals surface area contributed by atoms with Crippen LogP contribution in [0.1, 0.15) is 13.8 Å². The second-order valence-electron chi connectivity index (χ2n) is 2.92. The predicted octanol–water partition coefficient (Wildman–Crippen LogP) is 3.80. The van der Waals surface area contributed by atoms with Gasteiger partial charge in [0.25, 0.3) is 0 Å². The quantitative estimate of drug-likeness (QED) is 0.553. The van der Waals surface area contributed by atoms with Gasteiger partial charge in [0.15, 0.2) is 10.1 Å². The Bertz CT molecular complexity index is 189. The molecule has 0 aromatic rings. The first-order valence-electron chi connectivity index (χ1n) is 3.64. The largest absolute Gasteiger partial charge is 0.322 e. The summed E-state index contributed by atoms with van der Waals surface area (Å²) in [6, 6.07) is 0. The Kier molecular flexibility index (Phi) is 6.72. The van der Waals surface area contributed by atoms with Crippen molar-refractivity contribution in [2.45, 2.75) is 24.0 Å². The highest BCUT2D eigenvalue weighted by molar-refractivity contribution is 7.33. The van der Waals surface area contributed by atoms with Crippen LogP contribution in [0.15, 0.2) is 0 Å². The summed E-state index contributed by atoms with van der Waals surface area (Å²) < 4.78 is 20.9. The summed E-state index contributed by atoms with van der Waals surface area (Å²) in [5, 5.41) is -2.45. The maximum atomic E-state index is 11.2. The Morgan fingerprint density at radius 3 is 1.57 bits per heavy atom. The molecule has 0 saturated heterocycles. The zero-order chi connectivity index (χ0) is 11.4. The van der Waals surface area contributed by atoms with Gasteiger partial charge in [0.2, 0.25) is 0 Å². The van der Waals surface area contributed by atoms with Crippen molar-refractivity contribution in [1.82, 2.24) is 0 Å². The lowest BCUT2D eigenvalue weighted by Crippen LogP contribution is -2.24. The molecule has 0 rings (SSSR count). The molecule has 3 nitrogen and oxygen atoms in total. The Morgan fingerprint density at radius 1 is 1.07 bits per heavy atom. The smallest absolute Gasteiger partial charge is 0.287 e. The highest BCUT2D eigenvalue weighted by Gasteiger charge is 2.29. The van der Waals surface area contributed by atoms with Crippen LogP contribution in [-0.2, 0) is 13.6 Å². The minimum atomic E-state index is -2.81. The van der Waals surface area contributed by atoms with Crippen LogP contribution < -0.4 is 0 Å². The van der Waals surface area contributed by atoms with Crippen molar-refractivity contribution < 1.29 is 13.6 Å². The number of hydrogen-bond acceptors (Lipinski definition) is 3. The molecule has 0 heterocycles. The zero-order valence-corrected chi connectivity index (χ0v) is 11.7. The topological polar surface area (TPSA) is 35.5 Å². The van der Waals surface area contributed by atoms with Crippen molar-refractivity contribution in [3.05, 3.63) is 0 Å². The number of alkyl halides is 4. The van der Waals surface area contributed by atoms with E-state index in [1.165, 1.54) is 13.8 Å². The Labute approximate surface area is 104 Å². The average molecular weight is 304 g/mol. The van der Waals surface area contributed by atoms with Gasteiger partial charge in [0, 0.05) is 0 Å². The van der Waals surface area contributed by atoms with E-state index < -0.39 is 18.4 Å².